The number of hydrogen-bond donors (Lipinski definition) is 0. The van der Waals surface area contributed by atoms with E-state index in [1.165, 1.54) is 0 Å². The molecule has 2 rings (SSSR count). The summed E-state index contributed by atoms with van der Waals surface area (Å²) in [5, 5.41) is 0. The number of nitrogens with zero attached hydrogens (tertiary/aromatic N) is 1. The van der Waals surface area contributed by atoms with Crippen LogP contribution in [0.2, 0.25) is 0 Å². The third kappa shape index (κ3) is 5.44. The van der Waals surface area contributed by atoms with Crippen LogP contribution in [0.1, 0.15) is 12.5 Å². The number of rotatable bonds is 7. The second kappa shape index (κ2) is 8.79. The molecule has 0 N–H and O–H groups in total. The summed E-state index contributed by atoms with van der Waals surface area (Å²) in [6, 6.07) is 1.96. The first-order valence-electron chi connectivity index (χ1n) is 7.66. The minimum Gasteiger partial charge on any atom is -0.489 e. The lowest BCUT2D eigenvalue weighted by Crippen LogP contribution is -2.38. The van der Waals surface area contributed by atoms with Crippen LogP contribution in [0.25, 0.3) is 0 Å². The quantitative estimate of drug-likeness (QED) is 0.714. The number of ether oxygens (including phenoxy) is 3. The third-order valence-electron chi connectivity index (χ3n) is 3.51. The van der Waals surface area contributed by atoms with Gasteiger partial charge in [-0.2, -0.15) is 0 Å². The Morgan fingerprint density at radius 2 is 2.00 bits per heavy atom. The maximum Gasteiger partial charge on any atom is 0.310 e. The summed E-state index contributed by atoms with van der Waals surface area (Å²) in [5.41, 5.74) is -0.0403. The first-order chi connectivity index (χ1) is 11.1. The van der Waals surface area contributed by atoms with Gasteiger partial charge >= 0.3 is 5.97 Å². The van der Waals surface area contributed by atoms with E-state index < -0.39 is 17.6 Å². The van der Waals surface area contributed by atoms with Crippen molar-refractivity contribution in [2.75, 3.05) is 46.1 Å². The number of morpholine rings is 1. The maximum atomic E-state index is 14.0. The van der Waals surface area contributed by atoms with E-state index >= 15 is 0 Å². The molecule has 0 saturated carbocycles. The molecular formula is C16H21F2NO4. The first kappa shape index (κ1) is 17.6. The zero-order valence-electron chi connectivity index (χ0n) is 13.1. The van der Waals surface area contributed by atoms with E-state index in [1.54, 1.807) is 6.92 Å². The van der Waals surface area contributed by atoms with Gasteiger partial charge in [-0.3, -0.25) is 9.69 Å². The molecule has 1 aromatic carbocycles. The average Bonchev–Trinajstić information content (AvgIpc) is 2.53. The standard InChI is InChI=1S/C16H21F2NO4/c1-2-22-16(20)10-12-9-14(18)15(11-13(12)17)23-8-5-19-3-6-21-7-4-19/h9,11H,2-8,10H2,1H3. The van der Waals surface area contributed by atoms with Gasteiger partial charge in [0.1, 0.15) is 12.4 Å². The molecule has 0 spiro atoms. The molecule has 7 heteroatoms. The van der Waals surface area contributed by atoms with E-state index in [9.17, 15) is 13.6 Å². The summed E-state index contributed by atoms with van der Waals surface area (Å²) in [6.07, 6.45) is -0.301. The van der Waals surface area contributed by atoms with Gasteiger partial charge in [0.05, 0.1) is 26.2 Å². The SMILES string of the molecule is CCOC(=O)Cc1cc(F)c(OCCN2CCOCC2)cc1F. The second-order valence-corrected chi connectivity index (χ2v) is 5.16. The van der Waals surface area contributed by atoms with Crippen molar-refractivity contribution in [1.29, 1.82) is 0 Å². The van der Waals surface area contributed by atoms with Crippen LogP contribution in [0, 0.1) is 11.6 Å². The Hall–Kier alpha value is -1.73. The monoisotopic (exact) mass is 329 g/mol. The van der Waals surface area contributed by atoms with E-state index in [0.29, 0.717) is 19.8 Å². The number of carbonyl (C=O) groups excluding carboxylic acids is 1. The smallest absolute Gasteiger partial charge is 0.310 e. The van der Waals surface area contributed by atoms with E-state index in [2.05, 4.69) is 4.90 Å². The van der Waals surface area contributed by atoms with Gasteiger partial charge in [-0.1, -0.05) is 0 Å². The number of halogens is 2. The Bertz CT molecular complexity index is 533. The van der Waals surface area contributed by atoms with Gasteiger partial charge < -0.3 is 14.2 Å². The highest BCUT2D eigenvalue weighted by Gasteiger charge is 2.15. The van der Waals surface area contributed by atoms with Crippen LogP contribution in [0.5, 0.6) is 5.75 Å². The van der Waals surface area contributed by atoms with Crippen molar-refractivity contribution in [3.8, 4) is 5.75 Å². The second-order valence-electron chi connectivity index (χ2n) is 5.16. The van der Waals surface area contributed by atoms with Crippen LogP contribution >= 0.6 is 0 Å². The molecule has 1 aromatic rings. The minimum absolute atomic E-state index is 0.0403. The molecule has 0 aromatic heterocycles. The van der Waals surface area contributed by atoms with Crippen LogP contribution in [-0.2, 0) is 20.7 Å². The lowest BCUT2D eigenvalue weighted by molar-refractivity contribution is -0.142. The van der Waals surface area contributed by atoms with Crippen molar-refractivity contribution in [2.24, 2.45) is 0 Å². The van der Waals surface area contributed by atoms with Crippen LogP contribution in [0.3, 0.4) is 0 Å². The molecule has 0 atom stereocenters. The van der Waals surface area contributed by atoms with Crippen molar-refractivity contribution >= 4 is 5.97 Å². The number of hydrogen-bond acceptors (Lipinski definition) is 5. The molecule has 0 radical (unpaired) electrons. The Morgan fingerprint density at radius 3 is 2.70 bits per heavy atom. The van der Waals surface area contributed by atoms with E-state index in [1.807, 2.05) is 0 Å². The van der Waals surface area contributed by atoms with Gasteiger partial charge in [-0.05, 0) is 13.0 Å². The molecule has 1 fully saturated rings. The molecule has 23 heavy (non-hydrogen) atoms. The fraction of sp³-hybridized carbons (Fsp3) is 0.562. The first-order valence-corrected chi connectivity index (χ1v) is 7.66. The summed E-state index contributed by atoms with van der Waals surface area (Å²) < 4.78 is 43.2. The predicted molar refractivity (Wildman–Crippen MR) is 79.4 cm³/mol. The zero-order chi connectivity index (χ0) is 16.7. The normalized spacial score (nSPS) is 15.4. The molecular weight excluding hydrogens is 308 g/mol. The van der Waals surface area contributed by atoms with E-state index in [4.69, 9.17) is 14.2 Å². The zero-order valence-corrected chi connectivity index (χ0v) is 13.1. The highest BCUT2D eigenvalue weighted by Crippen LogP contribution is 2.22. The van der Waals surface area contributed by atoms with Crippen LogP contribution in [0.15, 0.2) is 12.1 Å². The van der Waals surface area contributed by atoms with E-state index in [0.717, 1.165) is 25.2 Å². The summed E-state index contributed by atoms with van der Waals surface area (Å²) in [5.74, 6) is -2.11. The Labute approximate surface area is 134 Å². The molecule has 1 aliphatic rings. The molecule has 0 aliphatic carbocycles. The third-order valence-corrected chi connectivity index (χ3v) is 3.51. The highest BCUT2D eigenvalue weighted by molar-refractivity contribution is 5.72. The molecule has 128 valence electrons. The van der Waals surface area contributed by atoms with Gasteiger partial charge in [0.15, 0.2) is 11.6 Å². The fourth-order valence-electron chi connectivity index (χ4n) is 2.29. The molecule has 0 bridgehead atoms. The lowest BCUT2D eigenvalue weighted by Gasteiger charge is -2.26. The Morgan fingerprint density at radius 1 is 1.26 bits per heavy atom. The average molecular weight is 329 g/mol. The molecule has 1 saturated heterocycles. The van der Waals surface area contributed by atoms with Gasteiger partial charge in [-0.15, -0.1) is 0 Å². The van der Waals surface area contributed by atoms with Gasteiger partial charge in [0, 0.05) is 31.3 Å². The predicted octanol–water partition coefficient (Wildman–Crippen LogP) is 1.78. The van der Waals surface area contributed by atoms with Gasteiger partial charge in [0.2, 0.25) is 0 Å². The molecule has 0 unspecified atom stereocenters. The molecule has 1 heterocycles. The summed E-state index contributed by atoms with van der Waals surface area (Å²) in [6.45, 7) is 5.68. The molecule has 1 aliphatic heterocycles. The Kier molecular flexibility index (Phi) is 6.73. The van der Waals surface area contributed by atoms with Crippen LogP contribution in [-0.4, -0.2) is 56.9 Å². The highest BCUT2D eigenvalue weighted by atomic mass is 19.1. The molecule has 5 nitrogen and oxygen atoms in total. The topological polar surface area (TPSA) is 48.0 Å². The van der Waals surface area contributed by atoms with Crippen molar-refractivity contribution < 1.29 is 27.8 Å². The van der Waals surface area contributed by atoms with Crippen molar-refractivity contribution in [3.05, 3.63) is 29.3 Å². The number of benzene rings is 1. The number of carbonyl (C=O) groups is 1. The van der Waals surface area contributed by atoms with Crippen molar-refractivity contribution in [1.82, 2.24) is 4.90 Å². The lowest BCUT2D eigenvalue weighted by atomic mass is 10.1. The number of esters is 1. The van der Waals surface area contributed by atoms with Gasteiger partial charge in [-0.25, -0.2) is 8.78 Å². The summed E-state index contributed by atoms with van der Waals surface area (Å²) in [4.78, 5) is 13.5. The van der Waals surface area contributed by atoms with Crippen molar-refractivity contribution in [3.63, 3.8) is 0 Å². The minimum atomic E-state index is -0.687. The molecule has 0 amide bonds. The largest absolute Gasteiger partial charge is 0.489 e. The van der Waals surface area contributed by atoms with Crippen LogP contribution < -0.4 is 4.74 Å². The Balaban J connectivity index is 1.89. The van der Waals surface area contributed by atoms with E-state index in [-0.39, 0.29) is 30.9 Å². The van der Waals surface area contributed by atoms with Gasteiger partial charge in [0.25, 0.3) is 0 Å². The summed E-state index contributed by atoms with van der Waals surface area (Å²) in [7, 11) is 0. The fourth-order valence-corrected chi connectivity index (χ4v) is 2.29. The summed E-state index contributed by atoms with van der Waals surface area (Å²) >= 11 is 0. The van der Waals surface area contributed by atoms with Crippen molar-refractivity contribution in [2.45, 2.75) is 13.3 Å². The maximum absolute atomic E-state index is 14.0. The van der Waals surface area contributed by atoms with Crippen LogP contribution in [0.4, 0.5) is 8.78 Å².